The molecule has 6 N–H and O–H groups in total. The third kappa shape index (κ3) is 5.59. The average Bonchev–Trinajstić information content (AvgIpc) is 3.10. The number of methoxy groups -OCH3 is 1. The molecule has 0 radical (unpaired) electrons. The molecule has 0 aliphatic rings. The number of hydrogen-bond acceptors (Lipinski definition) is 5. The maximum Gasteiger partial charge on any atom is 0.287 e. The molecule has 0 bridgehead atoms. The Morgan fingerprint density at radius 3 is 2.50 bits per heavy atom. The van der Waals surface area contributed by atoms with Crippen LogP contribution in [-0.2, 0) is 0 Å². The lowest BCUT2D eigenvalue weighted by molar-refractivity contribution is 0.0941. The number of carbonyl (C=O) groups excluding carboxylic acids is 1. The minimum Gasteiger partial charge on any atom is -0.497 e. The van der Waals surface area contributed by atoms with Gasteiger partial charge in [0.15, 0.2) is 5.82 Å². The first-order valence-corrected chi connectivity index (χ1v) is 8.48. The third-order valence-corrected chi connectivity index (χ3v) is 4.18. The number of rotatable bonds is 7. The Bertz CT molecular complexity index is 899. The van der Waals surface area contributed by atoms with Crippen LogP contribution in [-0.4, -0.2) is 42.1 Å². The molecule has 0 saturated heterocycles. The van der Waals surface area contributed by atoms with Gasteiger partial charge in [0, 0.05) is 12.6 Å². The number of imidazole rings is 1. The van der Waals surface area contributed by atoms with Crippen LogP contribution in [0.1, 0.15) is 17.0 Å². The van der Waals surface area contributed by atoms with Gasteiger partial charge in [0.2, 0.25) is 0 Å². The van der Waals surface area contributed by atoms with Crippen LogP contribution in [0.15, 0.2) is 42.5 Å². The van der Waals surface area contributed by atoms with Crippen LogP contribution in [0.25, 0.3) is 22.2 Å². The summed E-state index contributed by atoms with van der Waals surface area (Å²) in [5, 5.41) is 2.78. The first-order valence-electron chi connectivity index (χ1n) is 8.48. The van der Waals surface area contributed by atoms with Gasteiger partial charge in [-0.05, 0) is 48.4 Å². The molecule has 1 unspecified atom stereocenters. The summed E-state index contributed by atoms with van der Waals surface area (Å²) in [5.41, 5.74) is 14.9. The highest BCUT2D eigenvalue weighted by Crippen LogP contribution is 2.25. The van der Waals surface area contributed by atoms with E-state index in [9.17, 15) is 4.79 Å². The topological polar surface area (TPSA) is 119 Å². The van der Waals surface area contributed by atoms with Gasteiger partial charge < -0.3 is 26.5 Å². The van der Waals surface area contributed by atoms with E-state index in [1.165, 1.54) is 0 Å². The standard InChI is InChI=1S/C19H23N5O2.2ClH/c1-26-15-5-2-12(3-6-15)13-4-7-16-17(10-13)24-18(23-16)19(25)22-11-14(21)8-9-20;;/h2-7,10,14H,8-9,11,20-21H2,1H3,(H,22,25)(H,23,24);2*1H. The minimum atomic E-state index is -0.278. The molecule has 7 nitrogen and oxygen atoms in total. The number of H-pyrrole nitrogens is 1. The van der Waals surface area contributed by atoms with Gasteiger partial charge in [-0.15, -0.1) is 24.8 Å². The number of benzene rings is 2. The predicted molar refractivity (Wildman–Crippen MR) is 117 cm³/mol. The van der Waals surface area contributed by atoms with Crippen molar-refractivity contribution >= 4 is 41.8 Å². The van der Waals surface area contributed by atoms with Crippen LogP contribution in [0, 0.1) is 0 Å². The molecular weight excluding hydrogens is 401 g/mol. The lowest BCUT2D eigenvalue weighted by Crippen LogP contribution is -2.38. The minimum absolute atomic E-state index is 0. The fraction of sp³-hybridized carbons (Fsp3) is 0.263. The van der Waals surface area contributed by atoms with Crippen LogP contribution in [0.4, 0.5) is 0 Å². The lowest BCUT2D eigenvalue weighted by atomic mass is 10.1. The van der Waals surface area contributed by atoms with E-state index in [4.69, 9.17) is 16.2 Å². The second-order valence-corrected chi connectivity index (χ2v) is 6.09. The molecule has 0 saturated carbocycles. The van der Waals surface area contributed by atoms with Crippen LogP contribution >= 0.6 is 24.8 Å². The zero-order valence-corrected chi connectivity index (χ0v) is 17.1. The Hall–Kier alpha value is -2.32. The number of nitrogens with one attached hydrogen (secondary N) is 2. The van der Waals surface area contributed by atoms with Crippen molar-refractivity contribution < 1.29 is 9.53 Å². The van der Waals surface area contributed by atoms with E-state index in [2.05, 4.69) is 15.3 Å². The highest BCUT2D eigenvalue weighted by molar-refractivity contribution is 5.95. The van der Waals surface area contributed by atoms with Gasteiger partial charge in [-0.1, -0.05) is 18.2 Å². The second kappa shape index (κ2) is 10.9. The zero-order valence-electron chi connectivity index (χ0n) is 15.5. The number of carbonyl (C=O) groups is 1. The number of aromatic amines is 1. The van der Waals surface area contributed by atoms with Crippen molar-refractivity contribution in [1.82, 2.24) is 15.3 Å². The molecule has 1 atom stereocenters. The molecule has 1 amide bonds. The number of fused-ring (bicyclic) bond motifs is 1. The average molecular weight is 426 g/mol. The molecule has 0 fully saturated rings. The normalized spacial score (nSPS) is 11.2. The van der Waals surface area contributed by atoms with E-state index in [1.807, 2.05) is 42.5 Å². The molecular formula is C19H25Cl2N5O2. The molecule has 1 heterocycles. The monoisotopic (exact) mass is 425 g/mol. The number of nitrogens with zero attached hydrogens (tertiary/aromatic N) is 1. The van der Waals surface area contributed by atoms with Crippen LogP contribution in [0.2, 0.25) is 0 Å². The van der Waals surface area contributed by atoms with Gasteiger partial charge in [-0.25, -0.2) is 4.98 Å². The molecule has 152 valence electrons. The molecule has 9 heteroatoms. The van der Waals surface area contributed by atoms with Crippen LogP contribution in [0.3, 0.4) is 0 Å². The van der Waals surface area contributed by atoms with Crippen molar-refractivity contribution in [2.45, 2.75) is 12.5 Å². The number of amides is 1. The summed E-state index contributed by atoms with van der Waals surface area (Å²) < 4.78 is 5.18. The van der Waals surface area contributed by atoms with E-state index < -0.39 is 0 Å². The number of hydrogen-bond donors (Lipinski definition) is 4. The van der Waals surface area contributed by atoms with Gasteiger partial charge >= 0.3 is 0 Å². The fourth-order valence-electron chi connectivity index (χ4n) is 2.70. The molecule has 3 aromatic rings. The van der Waals surface area contributed by atoms with Gasteiger partial charge in [-0.2, -0.15) is 0 Å². The summed E-state index contributed by atoms with van der Waals surface area (Å²) in [5.74, 6) is 0.799. The zero-order chi connectivity index (χ0) is 18.5. The highest BCUT2D eigenvalue weighted by atomic mass is 35.5. The largest absolute Gasteiger partial charge is 0.497 e. The van der Waals surface area contributed by atoms with E-state index in [-0.39, 0.29) is 42.6 Å². The fourth-order valence-corrected chi connectivity index (χ4v) is 2.70. The predicted octanol–water partition coefficient (Wildman–Crippen LogP) is 2.49. The van der Waals surface area contributed by atoms with Crippen molar-refractivity contribution in [3.8, 4) is 16.9 Å². The summed E-state index contributed by atoms with van der Waals surface area (Å²) in [7, 11) is 1.64. The number of nitrogens with two attached hydrogens (primary N) is 2. The van der Waals surface area contributed by atoms with Crippen molar-refractivity contribution in [1.29, 1.82) is 0 Å². The quantitative estimate of drug-likeness (QED) is 0.463. The maximum absolute atomic E-state index is 12.2. The number of ether oxygens (including phenoxy) is 1. The van der Waals surface area contributed by atoms with Crippen molar-refractivity contribution in [2.75, 3.05) is 20.2 Å². The van der Waals surface area contributed by atoms with Crippen LogP contribution < -0.4 is 21.5 Å². The van der Waals surface area contributed by atoms with E-state index >= 15 is 0 Å². The maximum atomic E-state index is 12.2. The Morgan fingerprint density at radius 1 is 1.18 bits per heavy atom. The first kappa shape index (κ1) is 23.7. The summed E-state index contributed by atoms with van der Waals surface area (Å²) in [6.45, 7) is 0.861. The van der Waals surface area contributed by atoms with E-state index in [1.54, 1.807) is 7.11 Å². The number of halogens is 2. The molecule has 0 aliphatic heterocycles. The van der Waals surface area contributed by atoms with Crippen molar-refractivity contribution in [3.63, 3.8) is 0 Å². The van der Waals surface area contributed by atoms with Gasteiger partial charge in [0.1, 0.15) is 5.75 Å². The summed E-state index contributed by atoms with van der Waals surface area (Å²) in [4.78, 5) is 19.7. The Kier molecular flexibility index (Phi) is 9.21. The Balaban J connectivity index is 0.00000196. The molecule has 3 rings (SSSR count). The lowest BCUT2D eigenvalue weighted by Gasteiger charge is -2.10. The van der Waals surface area contributed by atoms with Crippen LogP contribution in [0.5, 0.6) is 5.75 Å². The van der Waals surface area contributed by atoms with Gasteiger partial charge in [0.25, 0.3) is 5.91 Å². The molecule has 0 aliphatic carbocycles. The SMILES string of the molecule is COc1ccc(-c2ccc3[nH]c(C(=O)NCC(N)CCN)nc3c2)cc1.Cl.Cl. The summed E-state index contributed by atoms with van der Waals surface area (Å²) in [6, 6.07) is 13.5. The summed E-state index contributed by atoms with van der Waals surface area (Å²) >= 11 is 0. The Morgan fingerprint density at radius 2 is 1.86 bits per heavy atom. The third-order valence-electron chi connectivity index (χ3n) is 4.18. The molecule has 28 heavy (non-hydrogen) atoms. The molecule has 1 aromatic heterocycles. The number of aromatic nitrogens is 2. The Labute approximate surface area is 176 Å². The highest BCUT2D eigenvalue weighted by Gasteiger charge is 2.13. The summed E-state index contributed by atoms with van der Waals surface area (Å²) in [6.07, 6.45) is 0.658. The first-order chi connectivity index (χ1) is 12.6. The van der Waals surface area contributed by atoms with E-state index in [0.717, 1.165) is 27.9 Å². The molecule has 2 aromatic carbocycles. The van der Waals surface area contributed by atoms with Crippen molar-refractivity contribution in [2.24, 2.45) is 11.5 Å². The van der Waals surface area contributed by atoms with E-state index in [0.29, 0.717) is 19.5 Å². The smallest absolute Gasteiger partial charge is 0.287 e. The van der Waals surface area contributed by atoms with Gasteiger partial charge in [0.05, 0.1) is 18.1 Å². The van der Waals surface area contributed by atoms with Gasteiger partial charge in [-0.3, -0.25) is 4.79 Å². The molecule has 0 spiro atoms. The van der Waals surface area contributed by atoms with Crippen molar-refractivity contribution in [3.05, 3.63) is 48.3 Å². The second-order valence-electron chi connectivity index (χ2n) is 6.09.